The van der Waals surface area contributed by atoms with E-state index in [1.165, 1.54) is 57.1 Å². The van der Waals surface area contributed by atoms with E-state index in [9.17, 15) is 0 Å². The Hall–Kier alpha value is -0.460. The van der Waals surface area contributed by atoms with Crippen molar-refractivity contribution in [3.63, 3.8) is 0 Å². The molecule has 1 nitrogen and oxygen atoms in total. The molecule has 90 valence electrons. The van der Waals surface area contributed by atoms with Crippen LogP contribution in [-0.2, 0) is 0 Å². The average Bonchev–Trinajstić information content (AvgIpc) is 2.24. The summed E-state index contributed by atoms with van der Waals surface area (Å²) in [5.74, 6) is 0. The van der Waals surface area contributed by atoms with Crippen LogP contribution in [0.25, 0.3) is 0 Å². The highest BCUT2D eigenvalue weighted by Gasteiger charge is 1.94. The van der Waals surface area contributed by atoms with E-state index in [1.54, 1.807) is 0 Å². The molecule has 0 aliphatic rings. The van der Waals surface area contributed by atoms with Gasteiger partial charge in [-0.05, 0) is 19.3 Å². The van der Waals surface area contributed by atoms with Crippen LogP contribution in [0, 0.1) is 0 Å². The first kappa shape index (κ1) is 14.5. The van der Waals surface area contributed by atoms with Gasteiger partial charge in [0.2, 0.25) is 0 Å². The summed E-state index contributed by atoms with van der Waals surface area (Å²) in [5, 5.41) is 3.42. The highest BCUT2D eigenvalue weighted by atomic mass is 14.9. The predicted octanol–water partition coefficient (Wildman–Crippen LogP) is 4.64. The van der Waals surface area contributed by atoms with Crippen molar-refractivity contribution in [2.45, 2.75) is 71.6 Å². The maximum absolute atomic E-state index is 4.06. The zero-order valence-electron chi connectivity index (χ0n) is 10.8. The van der Waals surface area contributed by atoms with Crippen molar-refractivity contribution in [3.05, 3.63) is 12.3 Å². The Morgan fingerprint density at radius 2 is 1.47 bits per heavy atom. The lowest BCUT2D eigenvalue weighted by Crippen LogP contribution is -2.13. The molecule has 0 aliphatic carbocycles. The molecule has 0 atom stereocenters. The number of rotatable bonds is 11. The summed E-state index contributed by atoms with van der Waals surface area (Å²) in [6, 6.07) is 0. The van der Waals surface area contributed by atoms with Crippen LogP contribution in [-0.4, -0.2) is 6.54 Å². The third kappa shape index (κ3) is 11.5. The summed E-state index contributed by atoms with van der Waals surface area (Å²) in [6.45, 7) is 9.68. The van der Waals surface area contributed by atoms with Gasteiger partial charge in [0.05, 0.1) is 0 Å². The molecule has 0 unspecified atom stereocenters. The van der Waals surface area contributed by atoms with Gasteiger partial charge in [-0.3, -0.25) is 0 Å². The van der Waals surface area contributed by atoms with E-state index in [0.717, 1.165) is 13.0 Å². The summed E-state index contributed by atoms with van der Waals surface area (Å²) in [5.41, 5.74) is 1.24. The Morgan fingerprint density at radius 3 is 2.07 bits per heavy atom. The highest BCUT2D eigenvalue weighted by molar-refractivity contribution is 4.90. The molecule has 0 aromatic rings. The maximum Gasteiger partial charge on any atom is 0.0143 e. The van der Waals surface area contributed by atoms with Gasteiger partial charge in [0, 0.05) is 12.2 Å². The quantitative estimate of drug-likeness (QED) is 0.491. The van der Waals surface area contributed by atoms with Gasteiger partial charge in [0.1, 0.15) is 0 Å². The van der Waals surface area contributed by atoms with Crippen molar-refractivity contribution in [1.29, 1.82) is 0 Å². The van der Waals surface area contributed by atoms with Crippen molar-refractivity contribution in [2.75, 3.05) is 6.54 Å². The summed E-state index contributed by atoms with van der Waals surface area (Å²) in [7, 11) is 0. The average molecular weight is 211 g/mol. The second-order valence-electron chi connectivity index (χ2n) is 4.40. The molecule has 0 bridgehead atoms. The smallest absolute Gasteiger partial charge is 0.0143 e. The molecule has 0 spiro atoms. The Balaban J connectivity index is 3.11. The van der Waals surface area contributed by atoms with Crippen molar-refractivity contribution in [1.82, 2.24) is 5.32 Å². The second kappa shape index (κ2) is 11.6. The number of allylic oxidation sites excluding steroid dienone is 1. The fourth-order valence-electron chi connectivity index (χ4n) is 1.67. The largest absolute Gasteiger partial charge is 0.389 e. The third-order valence-electron chi connectivity index (χ3n) is 2.74. The SMILES string of the molecule is C=C(CCCCCC)NCCCCCC. The van der Waals surface area contributed by atoms with Crippen LogP contribution in [0.1, 0.15) is 71.6 Å². The molecule has 0 saturated carbocycles. The monoisotopic (exact) mass is 211 g/mol. The molecule has 0 aliphatic heterocycles. The van der Waals surface area contributed by atoms with Crippen LogP contribution in [0.5, 0.6) is 0 Å². The maximum atomic E-state index is 4.06. The minimum Gasteiger partial charge on any atom is -0.389 e. The lowest BCUT2D eigenvalue weighted by atomic mass is 10.1. The van der Waals surface area contributed by atoms with Crippen LogP contribution in [0.2, 0.25) is 0 Å². The molecule has 0 saturated heterocycles. The fourth-order valence-corrected chi connectivity index (χ4v) is 1.67. The van der Waals surface area contributed by atoms with Crippen molar-refractivity contribution in [2.24, 2.45) is 0 Å². The van der Waals surface area contributed by atoms with Crippen LogP contribution in [0.3, 0.4) is 0 Å². The molecule has 0 fully saturated rings. The first-order valence-corrected chi connectivity index (χ1v) is 6.72. The topological polar surface area (TPSA) is 12.0 Å². The molecule has 15 heavy (non-hydrogen) atoms. The lowest BCUT2D eigenvalue weighted by Gasteiger charge is -2.08. The Kier molecular flexibility index (Phi) is 11.3. The second-order valence-corrected chi connectivity index (χ2v) is 4.40. The first-order chi connectivity index (χ1) is 7.31. The van der Waals surface area contributed by atoms with Crippen LogP contribution >= 0.6 is 0 Å². The Morgan fingerprint density at radius 1 is 0.867 bits per heavy atom. The third-order valence-corrected chi connectivity index (χ3v) is 2.74. The normalized spacial score (nSPS) is 10.3. The van der Waals surface area contributed by atoms with Gasteiger partial charge < -0.3 is 5.32 Å². The number of nitrogens with one attached hydrogen (secondary N) is 1. The van der Waals surface area contributed by atoms with E-state index in [-0.39, 0.29) is 0 Å². The summed E-state index contributed by atoms with van der Waals surface area (Å²) < 4.78 is 0. The molecule has 0 aromatic heterocycles. The van der Waals surface area contributed by atoms with E-state index in [0.29, 0.717) is 0 Å². The van der Waals surface area contributed by atoms with Gasteiger partial charge in [-0.25, -0.2) is 0 Å². The zero-order chi connectivity index (χ0) is 11.4. The van der Waals surface area contributed by atoms with E-state index >= 15 is 0 Å². The van der Waals surface area contributed by atoms with E-state index < -0.39 is 0 Å². The molecule has 0 rings (SSSR count). The first-order valence-electron chi connectivity index (χ1n) is 6.72. The standard InChI is InChI=1S/C14H29N/c1-4-6-8-10-12-14(3)15-13-11-9-7-5-2/h15H,3-13H2,1-2H3. The van der Waals surface area contributed by atoms with Gasteiger partial charge in [-0.2, -0.15) is 0 Å². The highest BCUT2D eigenvalue weighted by Crippen LogP contribution is 2.06. The molecule has 0 aromatic carbocycles. The number of unbranched alkanes of at least 4 members (excludes halogenated alkanes) is 6. The Bertz CT molecular complexity index is 140. The van der Waals surface area contributed by atoms with Gasteiger partial charge >= 0.3 is 0 Å². The van der Waals surface area contributed by atoms with Crippen molar-refractivity contribution in [3.8, 4) is 0 Å². The molecule has 0 radical (unpaired) electrons. The number of hydrogen-bond acceptors (Lipinski definition) is 1. The minimum absolute atomic E-state index is 1.12. The predicted molar refractivity (Wildman–Crippen MR) is 70.0 cm³/mol. The fraction of sp³-hybridized carbons (Fsp3) is 0.857. The van der Waals surface area contributed by atoms with Crippen molar-refractivity contribution >= 4 is 0 Å². The molecule has 1 N–H and O–H groups in total. The summed E-state index contributed by atoms with van der Waals surface area (Å²) >= 11 is 0. The zero-order valence-corrected chi connectivity index (χ0v) is 10.8. The van der Waals surface area contributed by atoms with E-state index in [4.69, 9.17) is 0 Å². The minimum atomic E-state index is 1.12. The van der Waals surface area contributed by atoms with Gasteiger partial charge in [-0.1, -0.05) is 59.0 Å². The molecule has 0 amide bonds. The molecule has 1 heteroatoms. The summed E-state index contributed by atoms with van der Waals surface area (Å²) in [6.07, 6.45) is 11.8. The van der Waals surface area contributed by atoms with Gasteiger partial charge in [0.15, 0.2) is 0 Å². The molecular weight excluding hydrogens is 182 g/mol. The van der Waals surface area contributed by atoms with Crippen LogP contribution in [0.4, 0.5) is 0 Å². The van der Waals surface area contributed by atoms with Crippen molar-refractivity contribution < 1.29 is 0 Å². The number of hydrogen-bond donors (Lipinski definition) is 1. The van der Waals surface area contributed by atoms with Crippen LogP contribution in [0.15, 0.2) is 12.3 Å². The van der Waals surface area contributed by atoms with E-state index in [2.05, 4.69) is 25.7 Å². The Labute approximate surface area is 96.3 Å². The lowest BCUT2D eigenvalue weighted by molar-refractivity contribution is 0.605. The molecule has 0 heterocycles. The van der Waals surface area contributed by atoms with Gasteiger partial charge in [-0.15, -0.1) is 0 Å². The van der Waals surface area contributed by atoms with Gasteiger partial charge in [0.25, 0.3) is 0 Å². The summed E-state index contributed by atoms with van der Waals surface area (Å²) in [4.78, 5) is 0. The molecular formula is C14H29N. The van der Waals surface area contributed by atoms with Crippen LogP contribution < -0.4 is 5.32 Å². The van der Waals surface area contributed by atoms with E-state index in [1.807, 2.05) is 0 Å².